The molecule has 0 aliphatic heterocycles. The van der Waals surface area contributed by atoms with Crippen molar-refractivity contribution in [3.8, 4) is 0 Å². The normalized spacial score (nSPS) is 10.1. The van der Waals surface area contributed by atoms with Crippen molar-refractivity contribution < 1.29 is 9.59 Å². The Morgan fingerprint density at radius 1 is 1.25 bits per heavy atom. The molecule has 0 unspecified atom stereocenters. The summed E-state index contributed by atoms with van der Waals surface area (Å²) in [7, 11) is 0. The first kappa shape index (κ1) is 14.1. The van der Waals surface area contributed by atoms with Crippen LogP contribution in [0.15, 0.2) is 29.6 Å². The highest BCUT2D eigenvalue weighted by atomic mass is 32.1. The third-order valence-corrected chi connectivity index (χ3v) is 2.95. The molecule has 0 aliphatic rings. The predicted molar refractivity (Wildman–Crippen MR) is 75.7 cm³/mol. The van der Waals surface area contributed by atoms with Crippen molar-refractivity contribution in [2.45, 2.75) is 0 Å². The van der Waals surface area contributed by atoms with Gasteiger partial charge >= 0.3 is 0 Å². The van der Waals surface area contributed by atoms with Gasteiger partial charge in [0, 0.05) is 18.5 Å². The fourth-order valence-electron chi connectivity index (χ4n) is 1.52. The van der Waals surface area contributed by atoms with Crippen LogP contribution in [0.1, 0.15) is 20.8 Å². The number of hydrogen-bond donors (Lipinski definition) is 3. The zero-order valence-electron chi connectivity index (χ0n) is 10.5. The van der Waals surface area contributed by atoms with Crippen LogP contribution in [-0.4, -0.2) is 34.5 Å². The summed E-state index contributed by atoms with van der Waals surface area (Å²) in [6, 6.07) is 6.72. The first-order chi connectivity index (χ1) is 9.72. The minimum atomic E-state index is -0.405. The molecule has 0 aliphatic carbocycles. The Labute approximate surface area is 119 Å². The van der Waals surface area contributed by atoms with Gasteiger partial charge in [-0.25, -0.2) is 0 Å². The number of carbonyl (C=O) groups excluding carboxylic acids is 2. The van der Waals surface area contributed by atoms with Crippen LogP contribution >= 0.6 is 11.5 Å². The number of nitrogens with one attached hydrogen (secondary N) is 2. The SMILES string of the molecule is NCCNC(=O)c1ccccc1NC(=O)c1csnn1. The second-order valence-corrected chi connectivity index (χ2v) is 4.44. The number of benzene rings is 1. The molecule has 20 heavy (non-hydrogen) atoms. The van der Waals surface area contributed by atoms with Gasteiger partial charge in [0.25, 0.3) is 11.8 Å². The first-order valence-corrected chi connectivity index (χ1v) is 6.71. The lowest BCUT2D eigenvalue weighted by Crippen LogP contribution is -2.30. The van der Waals surface area contributed by atoms with Gasteiger partial charge in [0.15, 0.2) is 5.69 Å². The number of carbonyl (C=O) groups is 2. The molecule has 8 heteroatoms. The highest BCUT2D eigenvalue weighted by Crippen LogP contribution is 2.16. The summed E-state index contributed by atoms with van der Waals surface area (Å²) < 4.78 is 3.62. The minimum absolute atomic E-state index is 0.215. The molecule has 1 aromatic heterocycles. The van der Waals surface area contributed by atoms with E-state index < -0.39 is 5.91 Å². The number of nitrogens with zero attached hydrogens (tertiary/aromatic N) is 2. The Morgan fingerprint density at radius 3 is 2.75 bits per heavy atom. The lowest BCUT2D eigenvalue weighted by molar-refractivity contribution is 0.0955. The van der Waals surface area contributed by atoms with E-state index >= 15 is 0 Å². The summed E-state index contributed by atoms with van der Waals surface area (Å²) in [6.07, 6.45) is 0. The van der Waals surface area contributed by atoms with Crippen molar-refractivity contribution in [3.63, 3.8) is 0 Å². The van der Waals surface area contributed by atoms with Crippen LogP contribution in [0.2, 0.25) is 0 Å². The number of nitrogens with two attached hydrogens (primary N) is 1. The molecule has 0 spiro atoms. The van der Waals surface area contributed by atoms with Gasteiger partial charge in [0.2, 0.25) is 0 Å². The molecule has 0 radical (unpaired) electrons. The summed E-state index contributed by atoms with van der Waals surface area (Å²) in [5.74, 6) is -0.694. The maximum Gasteiger partial charge on any atom is 0.277 e. The molecule has 2 amide bonds. The largest absolute Gasteiger partial charge is 0.351 e. The van der Waals surface area contributed by atoms with E-state index in [9.17, 15) is 9.59 Å². The molecule has 1 aromatic carbocycles. The van der Waals surface area contributed by atoms with Crippen LogP contribution < -0.4 is 16.4 Å². The highest BCUT2D eigenvalue weighted by molar-refractivity contribution is 7.03. The summed E-state index contributed by atoms with van der Waals surface area (Å²) in [5, 5.41) is 10.5. The molecule has 2 aromatic rings. The summed E-state index contributed by atoms with van der Waals surface area (Å²) in [4.78, 5) is 23.9. The molecule has 104 valence electrons. The first-order valence-electron chi connectivity index (χ1n) is 5.88. The third kappa shape index (κ3) is 3.37. The number of rotatable bonds is 5. The van der Waals surface area contributed by atoms with Gasteiger partial charge < -0.3 is 16.4 Å². The van der Waals surface area contributed by atoms with Gasteiger partial charge in [-0.2, -0.15) is 0 Å². The molecule has 0 atom stereocenters. The van der Waals surface area contributed by atoms with Crippen molar-refractivity contribution in [1.82, 2.24) is 14.9 Å². The van der Waals surface area contributed by atoms with Crippen molar-refractivity contribution in [2.75, 3.05) is 18.4 Å². The molecule has 0 bridgehead atoms. The van der Waals surface area contributed by atoms with Crippen LogP contribution in [0.3, 0.4) is 0 Å². The van der Waals surface area contributed by atoms with E-state index in [0.717, 1.165) is 11.5 Å². The van der Waals surface area contributed by atoms with Crippen molar-refractivity contribution in [1.29, 1.82) is 0 Å². The average Bonchev–Trinajstić information content (AvgIpc) is 2.99. The van der Waals surface area contributed by atoms with Crippen LogP contribution in [0.4, 0.5) is 5.69 Å². The van der Waals surface area contributed by atoms with Crippen LogP contribution in [0, 0.1) is 0 Å². The van der Waals surface area contributed by atoms with Crippen molar-refractivity contribution in [3.05, 3.63) is 40.9 Å². The molecule has 7 nitrogen and oxygen atoms in total. The quantitative estimate of drug-likeness (QED) is 0.742. The van der Waals surface area contributed by atoms with E-state index in [1.165, 1.54) is 5.38 Å². The van der Waals surface area contributed by atoms with Gasteiger partial charge in [0.1, 0.15) is 0 Å². The van der Waals surface area contributed by atoms with Crippen molar-refractivity contribution in [2.24, 2.45) is 5.73 Å². The van der Waals surface area contributed by atoms with Crippen molar-refractivity contribution >= 4 is 29.0 Å². The van der Waals surface area contributed by atoms with Crippen LogP contribution in [0.5, 0.6) is 0 Å². The van der Waals surface area contributed by atoms with Gasteiger partial charge in [-0.3, -0.25) is 9.59 Å². The van der Waals surface area contributed by atoms with Gasteiger partial charge in [-0.15, -0.1) is 5.10 Å². The van der Waals surface area contributed by atoms with E-state index in [-0.39, 0.29) is 11.6 Å². The maximum atomic E-state index is 11.9. The Hall–Kier alpha value is -2.32. The molecule has 0 saturated carbocycles. The second-order valence-electron chi connectivity index (χ2n) is 3.83. The van der Waals surface area contributed by atoms with E-state index in [2.05, 4.69) is 20.2 Å². The topological polar surface area (TPSA) is 110 Å². The molecule has 1 heterocycles. The molecule has 4 N–H and O–H groups in total. The monoisotopic (exact) mass is 291 g/mol. The molecule has 2 rings (SSSR count). The average molecular weight is 291 g/mol. The smallest absolute Gasteiger partial charge is 0.277 e. The second kappa shape index (κ2) is 6.73. The van der Waals surface area contributed by atoms with Gasteiger partial charge in [-0.05, 0) is 23.7 Å². The zero-order chi connectivity index (χ0) is 14.4. The number of aromatic nitrogens is 2. The summed E-state index contributed by atoms with van der Waals surface area (Å²) in [6.45, 7) is 0.724. The van der Waals surface area contributed by atoms with Gasteiger partial charge in [-0.1, -0.05) is 16.6 Å². The minimum Gasteiger partial charge on any atom is -0.351 e. The Morgan fingerprint density at radius 2 is 2.05 bits per heavy atom. The lowest BCUT2D eigenvalue weighted by Gasteiger charge is -2.10. The highest BCUT2D eigenvalue weighted by Gasteiger charge is 2.14. The fraction of sp³-hybridized carbons (Fsp3) is 0.167. The molecular formula is C12H13N5O2S. The van der Waals surface area contributed by atoms with Gasteiger partial charge in [0.05, 0.1) is 11.3 Å². The number of para-hydroxylation sites is 1. The summed E-state index contributed by atoms with van der Waals surface area (Å²) >= 11 is 1.08. The Kier molecular flexibility index (Phi) is 4.75. The van der Waals surface area contributed by atoms with Crippen LogP contribution in [0.25, 0.3) is 0 Å². The van der Waals surface area contributed by atoms with Crippen LogP contribution in [-0.2, 0) is 0 Å². The standard InChI is InChI=1S/C12H13N5O2S/c13-5-6-14-11(18)8-3-1-2-4-9(8)15-12(19)10-7-20-17-16-10/h1-4,7H,5-6,13H2,(H,14,18)(H,15,19). The molecular weight excluding hydrogens is 278 g/mol. The Balaban J connectivity index is 2.15. The number of hydrogen-bond acceptors (Lipinski definition) is 6. The zero-order valence-corrected chi connectivity index (χ0v) is 11.3. The van der Waals surface area contributed by atoms with E-state index in [4.69, 9.17) is 5.73 Å². The maximum absolute atomic E-state index is 11.9. The predicted octanol–water partition coefficient (Wildman–Crippen LogP) is 0.479. The molecule has 0 fully saturated rings. The third-order valence-electron chi connectivity index (χ3n) is 2.44. The van der Waals surface area contributed by atoms with E-state index in [1.54, 1.807) is 24.3 Å². The van der Waals surface area contributed by atoms with E-state index in [1.807, 2.05) is 0 Å². The Bertz CT molecular complexity index is 600. The number of anilines is 1. The lowest BCUT2D eigenvalue weighted by atomic mass is 10.1. The summed E-state index contributed by atoms with van der Waals surface area (Å²) in [5.41, 5.74) is 6.34. The molecule has 0 saturated heterocycles. The van der Waals surface area contributed by atoms with E-state index in [0.29, 0.717) is 24.3 Å². The number of amides is 2. The fourth-order valence-corrected chi connectivity index (χ4v) is 1.96.